The molecule has 15 nitrogen and oxygen atoms in total. The van der Waals surface area contributed by atoms with Gasteiger partial charge < -0.3 is 53.3 Å². The fourth-order valence-electron chi connectivity index (χ4n) is 6.00. The number of aromatic nitrogens is 2. The fourth-order valence-corrected chi connectivity index (χ4v) is 6.00. The van der Waals surface area contributed by atoms with Crippen molar-refractivity contribution in [2.24, 2.45) is 22.2 Å². The number of carbonyl (C=O) groups is 4. The summed E-state index contributed by atoms with van der Waals surface area (Å²) in [5.74, 6) is -3.35. The van der Waals surface area contributed by atoms with Crippen molar-refractivity contribution >= 4 is 51.5 Å². The van der Waals surface area contributed by atoms with Gasteiger partial charge in [0.1, 0.15) is 23.9 Å². The Labute approximate surface area is 299 Å². The number of phenols is 1. The number of carbonyl (C=O) groups excluding carboxylic acids is 3. The van der Waals surface area contributed by atoms with E-state index in [9.17, 15) is 29.4 Å². The number of para-hydroxylation sites is 2. The van der Waals surface area contributed by atoms with Gasteiger partial charge in [-0.05, 0) is 53.8 Å². The number of aliphatic carboxylic acids is 1. The third-order valence-corrected chi connectivity index (χ3v) is 8.76. The van der Waals surface area contributed by atoms with Gasteiger partial charge in [0.05, 0.1) is 6.04 Å². The lowest BCUT2D eigenvalue weighted by Gasteiger charge is -2.25. The molecule has 0 saturated heterocycles. The van der Waals surface area contributed by atoms with E-state index in [0.29, 0.717) is 17.5 Å². The maximum Gasteiger partial charge on any atom is 0.326 e. The van der Waals surface area contributed by atoms with Crippen molar-refractivity contribution in [1.82, 2.24) is 25.9 Å². The van der Waals surface area contributed by atoms with Crippen LogP contribution in [-0.4, -0.2) is 80.5 Å². The average molecular weight is 710 g/mol. The normalized spacial score (nSPS) is 13.5. The van der Waals surface area contributed by atoms with Crippen LogP contribution in [0, 0.1) is 0 Å². The third-order valence-electron chi connectivity index (χ3n) is 8.76. The van der Waals surface area contributed by atoms with Crippen LogP contribution in [0.5, 0.6) is 5.75 Å². The zero-order valence-electron chi connectivity index (χ0n) is 28.3. The summed E-state index contributed by atoms with van der Waals surface area (Å²) in [6.07, 6.45) is 4.09. The van der Waals surface area contributed by atoms with Gasteiger partial charge in [-0.2, -0.15) is 0 Å². The van der Waals surface area contributed by atoms with Gasteiger partial charge in [-0.1, -0.05) is 48.5 Å². The number of nitrogens with one attached hydrogen (secondary N) is 5. The Hall–Kier alpha value is -6.35. The van der Waals surface area contributed by atoms with Crippen LogP contribution in [0.25, 0.3) is 21.8 Å². The van der Waals surface area contributed by atoms with Crippen molar-refractivity contribution in [1.29, 1.82) is 0 Å². The Morgan fingerprint density at radius 3 is 1.75 bits per heavy atom. The highest BCUT2D eigenvalue weighted by atomic mass is 16.4. The first kappa shape index (κ1) is 36.9. The van der Waals surface area contributed by atoms with Crippen molar-refractivity contribution < 1.29 is 29.4 Å². The number of carboxylic acids is 1. The number of nitrogens with zero attached hydrogens (tertiary/aromatic N) is 1. The quantitative estimate of drug-likeness (QED) is 0.0378. The zero-order chi connectivity index (χ0) is 37.2. The SMILES string of the molecule is NC(N)=NCCCC(N)C(=O)NC(Cc1c[nH]c2ccccc12)C(=O)NC(Cc1ccc(O)cc1)C(=O)NC(Cc1c[nH]c2ccccc12)C(=O)O. The number of guanidine groups is 1. The van der Waals surface area contributed by atoms with Crippen LogP contribution in [0.1, 0.15) is 29.5 Å². The molecule has 0 aliphatic carbocycles. The predicted octanol–water partition coefficient (Wildman–Crippen LogP) is 1.30. The molecule has 0 spiro atoms. The van der Waals surface area contributed by atoms with Crippen LogP contribution in [0.4, 0.5) is 0 Å². The first-order valence-electron chi connectivity index (χ1n) is 16.8. The standard InChI is InChI=1S/C37H43N9O6/c38-27(8-5-15-41-37(39)40)33(48)44-31(17-22-19-42-28-9-3-1-6-25(22)28)35(50)45-30(16-21-11-13-24(47)14-12-21)34(49)46-32(36(51)52)18-23-20-43-29-10-4-2-7-26(23)29/h1-4,6-7,9-14,19-20,27,30-32,42-43,47H,5,8,15-18,38H2,(H,44,48)(H,45,50)(H,46,49)(H,51,52)(H4,39,40,41). The van der Waals surface area contributed by atoms with Gasteiger partial charge in [0.25, 0.3) is 0 Å². The fraction of sp³-hybridized carbons (Fsp3) is 0.270. The van der Waals surface area contributed by atoms with Gasteiger partial charge in [-0.25, -0.2) is 4.79 Å². The summed E-state index contributed by atoms with van der Waals surface area (Å²) < 4.78 is 0. The molecule has 4 atom stereocenters. The minimum absolute atomic E-state index is 0.00889. The van der Waals surface area contributed by atoms with E-state index >= 15 is 0 Å². The Balaban J connectivity index is 1.38. The highest BCUT2D eigenvalue weighted by molar-refractivity contribution is 5.95. The van der Waals surface area contributed by atoms with E-state index in [1.165, 1.54) is 12.1 Å². The number of nitrogens with two attached hydrogens (primary N) is 3. The molecule has 2 heterocycles. The maximum atomic E-state index is 14.1. The lowest BCUT2D eigenvalue weighted by Crippen LogP contribution is -2.58. The number of hydrogen-bond donors (Lipinski definition) is 10. The summed E-state index contributed by atoms with van der Waals surface area (Å²) in [5.41, 5.74) is 20.6. The highest BCUT2D eigenvalue weighted by Crippen LogP contribution is 2.21. The molecule has 0 radical (unpaired) electrons. The Morgan fingerprint density at radius 2 is 1.19 bits per heavy atom. The molecule has 13 N–H and O–H groups in total. The van der Waals surface area contributed by atoms with Crippen molar-refractivity contribution in [3.63, 3.8) is 0 Å². The predicted molar refractivity (Wildman–Crippen MR) is 197 cm³/mol. The Kier molecular flexibility index (Phi) is 12.1. The molecular formula is C37H43N9O6. The second kappa shape index (κ2) is 17.0. The lowest BCUT2D eigenvalue weighted by atomic mass is 10.0. The molecule has 5 aromatic rings. The van der Waals surface area contributed by atoms with Crippen molar-refractivity contribution in [3.05, 3.63) is 102 Å². The number of aromatic amines is 2. The number of rotatable bonds is 17. The van der Waals surface area contributed by atoms with Crippen molar-refractivity contribution in [3.8, 4) is 5.75 Å². The van der Waals surface area contributed by atoms with Gasteiger partial charge in [-0.15, -0.1) is 0 Å². The molecule has 0 fully saturated rings. The van der Waals surface area contributed by atoms with Crippen molar-refractivity contribution in [2.75, 3.05) is 6.54 Å². The molecule has 0 aliphatic rings. The second-order valence-electron chi connectivity index (χ2n) is 12.6. The average Bonchev–Trinajstić information content (AvgIpc) is 3.73. The summed E-state index contributed by atoms with van der Waals surface area (Å²) in [6.45, 7) is 0.272. The molecule has 0 saturated carbocycles. The first-order valence-corrected chi connectivity index (χ1v) is 16.8. The topological polar surface area (TPSA) is 267 Å². The van der Waals surface area contributed by atoms with Gasteiger partial charge >= 0.3 is 5.97 Å². The summed E-state index contributed by atoms with van der Waals surface area (Å²) in [6, 6.07) is 16.2. The minimum Gasteiger partial charge on any atom is -0.508 e. The Bertz CT molecular complexity index is 2050. The van der Waals surface area contributed by atoms with E-state index in [4.69, 9.17) is 17.2 Å². The summed E-state index contributed by atoms with van der Waals surface area (Å²) in [4.78, 5) is 63.9. The number of hydrogen-bond acceptors (Lipinski definition) is 7. The molecule has 4 unspecified atom stereocenters. The van der Waals surface area contributed by atoms with E-state index in [1.807, 2.05) is 48.5 Å². The third kappa shape index (κ3) is 9.66. The van der Waals surface area contributed by atoms with E-state index in [-0.39, 0.29) is 43.9 Å². The van der Waals surface area contributed by atoms with Gasteiger partial charge in [0, 0.05) is 60.0 Å². The maximum absolute atomic E-state index is 14.1. The number of phenolic OH excluding ortho intramolecular Hbond substituents is 1. The second-order valence-corrected chi connectivity index (χ2v) is 12.6. The smallest absolute Gasteiger partial charge is 0.326 e. The molecule has 2 aromatic heterocycles. The first-order chi connectivity index (χ1) is 25.0. The van der Waals surface area contributed by atoms with Crippen LogP contribution in [0.3, 0.4) is 0 Å². The summed E-state index contributed by atoms with van der Waals surface area (Å²) in [5, 5.41) is 29.7. The molecular weight excluding hydrogens is 666 g/mol. The molecule has 272 valence electrons. The molecule has 3 amide bonds. The van der Waals surface area contributed by atoms with E-state index < -0.39 is 47.9 Å². The van der Waals surface area contributed by atoms with Gasteiger partial charge in [0.2, 0.25) is 17.7 Å². The van der Waals surface area contributed by atoms with Crippen LogP contribution in [-0.2, 0) is 38.4 Å². The van der Waals surface area contributed by atoms with Crippen molar-refractivity contribution in [2.45, 2.75) is 56.3 Å². The number of benzene rings is 3. The number of carboxylic acid groups (broad SMARTS) is 1. The van der Waals surface area contributed by atoms with Crippen LogP contribution in [0.2, 0.25) is 0 Å². The molecule has 15 heteroatoms. The molecule has 0 bridgehead atoms. The minimum atomic E-state index is -1.33. The van der Waals surface area contributed by atoms with E-state index in [2.05, 4.69) is 30.9 Å². The molecule has 3 aromatic carbocycles. The summed E-state index contributed by atoms with van der Waals surface area (Å²) >= 11 is 0. The monoisotopic (exact) mass is 709 g/mol. The number of aliphatic imine (C=N–C) groups is 1. The number of amides is 3. The van der Waals surface area contributed by atoms with Crippen LogP contribution >= 0.6 is 0 Å². The Morgan fingerprint density at radius 1 is 0.692 bits per heavy atom. The van der Waals surface area contributed by atoms with E-state index in [0.717, 1.165) is 27.4 Å². The number of H-pyrrole nitrogens is 2. The molecule has 52 heavy (non-hydrogen) atoms. The van der Waals surface area contributed by atoms with Crippen LogP contribution < -0.4 is 33.2 Å². The molecule has 5 rings (SSSR count). The van der Waals surface area contributed by atoms with Gasteiger partial charge in [-0.3, -0.25) is 19.4 Å². The number of aromatic hydroxyl groups is 1. The lowest BCUT2D eigenvalue weighted by molar-refractivity contribution is -0.142. The summed E-state index contributed by atoms with van der Waals surface area (Å²) in [7, 11) is 0. The largest absolute Gasteiger partial charge is 0.508 e. The van der Waals surface area contributed by atoms with E-state index in [1.54, 1.807) is 24.5 Å². The zero-order valence-corrected chi connectivity index (χ0v) is 28.3. The van der Waals surface area contributed by atoms with Gasteiger partial charge in [0.15, 0.2) is 5.96 Å². The highest BCUT2D eigenvalue weighted by Gasteiger charge is 2.31. The number of fused-ring (bicyclic) bond motifs is 2. The van der Waals surface area contributed by atoms with Crippen LogP contribution in [0.15, 0.2) is 90.2 Å². The molecule has 0 aliphatic heterocycles.